The third kappa shape index (κ3) is 4.86. The molecule has 0 saturated carbocycles. The smallest absolute Gasteiger partial charge is 0.263 e. The van der Waals surface area contributed by atoms with Crippen LogP contribution in [0.2, 0.25) is 0 Å². The number of anilines is 1. The Morgan fingerprint density at radius 1 is 1.14 bits per heavy atom. The Kier molecular flexibility index (Phi) is 7.06. The number of aromatic nitrogens is 1. The maximum atomic E-state index is 13.5. The van der Waals surface area contributed by atoms with E-state index in [0.29, 0.717) is 29.6 Å². The van der Waals surface area contributed by atoms with Gasteiger partial charge in [-0.15, -0.1) is 0 Å². The second-order valence-corrected chi connectivity index (χ2v) is 8.01. The molecule has 0 aliphatic heterocycles. The predicted molar refractivity (Wildman–Crippen MR) is 118 cm³/mol. The SMILES string of the molecule is CCOc1cccc2sc(N(CCC[NH+](C)C)C(=O)c3ccccc3OC)nc12. The first-order valence-corrected chi connectivity index (χ1v) is 10.6. The monoisotopic (exact) mass is 414 g/mol. The number of nitrogens with one attached hydrogen (secondary N) is 1. The minimum atomic E-state index is -0.103. The van der Waals surface area contributed by atoms with Crippen molar-refractivity contribution in [2.24, 2.45) is 0 Å². The van der Waals surface area contributed by atoms with Crippen molar-refractivity contribution in [2.45, 2.75) is 13.3 Å². The largest absolute Gasteiger partial charge is 0.496 e. The molecule has 154 valence electrons. The Morgan fingerprint density at radius 2 is 1.90 bits per heavy atom. The van der Waals surface area contributed by atoms with Crippen LogP contribution < -0.4 is 19.3 Å². The van der Waals surface area contributed by atoms with Crippen LogP contribution >= 0.6 is 11.3 Å². The summed E-state index contributed by atoms with van der Waals surface area (Å²) >= 11 is 1.51. The number of rotatable bonds is 9. The zero-order valence-electron chi connectivity index (χ0n) is 17.4. The first kappa shape index (κ1) is 21.1. The van der Waals surface area contributed by atoms with Gasteiger partial charge in [-0.1, -0.05) is 29.5 Å². The molecule has 2 aromatic carbocycles. The van der Waals surface area contributed by atoms with Gasteiger partial charge in [-0.3, -0.25) is 9.69 Å². The van der Waals surface area contributed by atoms with E-state index < -0.39 is 0 Å². The number of nitrogens with zero attached hydrogens (tertiary/aromatic N) is 2. The first-order valence-electron chi connectivity index (χ1n) is 9.81. The topological polar surface area (TPSA) is 56.1 Å². The van der Waals surface area contributed by atoms with Gasteiger partial charge in [0.1, 0.15) is 17.0 Å². The number of methoxy groups -OCH3 is 1. The first-order chi connectivity index (χ1) is 14.0. The van der Waals surface area contributed by atoms with Gasteiger partial charge in [-0.05, 0) is 31.2 Å². The molecule has 0 aliphatic rings. The van der Waals surface area contributed by atoms with Gasteiger partial charge < -0.3 is 14.4 Å². The van der Waals surface area contributed by atoms with Crippen LogP contribution in [-0.4, -0.2) is 51.8 Å². The molecular weight excluding hydrogens is 386 g/mol. The van der Waals surface area contributed by atoms with Gasteiger partial charge in [0.05, 0.1) is 44.6 Å². The molecule has 0 unspecified atom stereocenters. The molecule has 1 heterocycles. The highest BCUT2D eigenvalue weighted by Gasteiger charge is 2.24. The number of benzene rings is 2. The highest BCUT2D eigenvalue weighted by atomic mass is 32.1. The third-order valence-electron chi connectivity index (χ3n) is 4.54. The zero-order valence-corrected chi connectivity index (χ0v) is 18.2. The lowest BCUT2D eigenvalue weighted by Gasteiger charge is -2.21. The van der Waals surface area contributed by atoms with E-state index in [0.717, 1.165) is 28.9 Å². The van der Waals surface area contributed by atoms with Crippen LogP contribution in [0.1, 0.15) is 23.7 Å². The lowest BCUT2D eigenvalue weighted by Crippen LogP contribution is -3.05. The van der Waals surface area contributed by atoms with Crippen LogP contribution in [0.3, 0.4) is 0 Å². The number of quaternary nitrogens is 1. The van der Waals surface area contributed by atoms with Crippen LogP contribution in [-0.2, 0) is 0 Å². The Labute approximate surface area is 175 Å². The van der Waals surface area contributed by atoms with Crippen molar-refractivity contribution < 1.29 is 19.2 Å². The molecule has 0 spiro atoms. The van der Waals surface area contributed by atoms with E-state index in [1.54, 1.807) is 24.1 Å². The van der Waals surface area contributed by atoms with Crippen molar-refractivity contribution in [3.05, 3.63) is 48.0 Å². The van der Waals surface area contributed by atoms with Crippen LogP contribution in [0.25, 0.3) is 10.2 Å². The second kappa shape index (κ2) is 9.71. The summed E-state index contributed by atoms with van der Waals surface area (Å²) in [5, 5.41) is 0.678. The quantitative estimate of drug-likeness (QED) is 0.585. The molecule has 29 heavy (non-hydrogen) atoms. The summed E-state index contributed by atoms with van der Waals surface area (Å²) in [5.41, 5.74) is 1.34. The van der Waals surface area contributed by atoms with E-state index >= 15 is 0 Å². The van der Waals surface area contributed by atoms with Crippen LogP contribution in [0.15, 0.2) is 42.5 Å². The summed E-state index contributed by atoms with van der Waals surface area (Å²) < 4.78 is 12.1. The van der Waals surface area contributed by atoms with E-state index in [1.807, 2.05) is 37.3 Å². The normalized spacial score (nSPS) is 11.1. The van der Waals surface area contributed by atoms with E-state index in [2.05, 4.69) is 14.1 Å². The summed E-state index contributed by atoms with van der Waals surface area (Å²) in [7, 11) is 5.80. The second-order valence-electron chi connectivity index (χ2n) is 7.00. The van der Waals surface area contributed by atoms with Crippen molar-refractivity contribution >= 4 is 32.6 Å². The van der Waals surface area contributed by atoms with Crippen LogP contribution in [0.5, 0.6) is 11.5 Å². The number of para-hydroxylation sites is 2. The molecule has 1 amide bonds. The van der Waals surface area contributed by atoms with E-state index in [9.17, 15) is 4.79 Å². The molecule has 0 aliphatic carbocycles. The third-order valence-corrected chi connectivity index (χ3v) is 5.59. The molecule has 1 aromatic heterocycles. The number of carbonyl (C=O) groups excluding carboxylic acids is 1. The van der Waals surface area contributed by atoms with Crippen LogP contribution in [0, 0.1) is 0 Å². The van der Waals surface area contributed by atoms with E-state index in [1.165, 1.54) is 16.2 Å². The minimum Gasteiger partial charge on any atom is -0.496 e. The van der Waals surface area contributed by atoms with Crippen molar-refractivity contribution in [2.75, 3.05) is 45.8 Å². The number of ether oxygens (including phenoxy) is 2. The molecule has 7 heteroatoms. The van der Waals surface area contributed by atoms with Crippen molar-refractivity contribution in [1.82, 2.24) is 4.98 Å². The average molecular weight is 415 g/mol. The molecule has 3 rings (SSSR count). The van der Waals surface area contributed by atoms with Crippen LogP contribution in [0.4, 0.5) is 5.13 Å². The molecule has 0 fully saturated rings. The lowest BCUT2D eigenvalue weighted by molar-refractivity contribution is -0.858. The number of hydrogen-bond donors (Lipinski definition) is 1. The fraction of sp³-hybridized carbons (Fsp3) is 0.364. The fourth-order valence-electron chi connectivity index (χ4n) is 3.14. The number of hydrogen-bond acceptors (Lipinski definition) is 5. The Morgan fingerprint density at radius 3 is 2.62 bits per heavy atom. The average Bonchev–Trinajstić information content (AvgIpc) is 3.15. The molecule has 3 aromatic rings. The molecule has 0 radical (unpaired) electrons. The highest BCUT2D eigenvalue weighted by Crippen LogP contribution is 2.35. The van der Waals surface area contributed by atoms with E-state index in [4.69, 9.17) is 14.5 Å². The molecule has 0 saturated heterocycles. The predicted octanol–water partition coefficient (Wildman–Crippen LogP) is 2.89. The molecule has 1 N–H and O–H groups in total. The summed E-state index contributed by atoms with van der Waals surface area (Å²) in [5.74, 6) is 1.21. The standard InChI is InChI=1S/C22H27N3O3S/c1-5-28-18-12-8-13-19-20(18)23-22(29-19)25(15-9-14-24(2)3)21(26)16-10-6-7-11-17(16)27-4/h6-8,10-13H,5,9,14-15H2,1-4H3/p+1. The maximum Gasteiger partial charge on any atom is 0.263 e. The molecule has 0 bridgehead atoms. The number of thiazole rings is 1. The minimum absolute atomic E-state index is 0.103. The lowest BCUT2D eigenvalue weighted by atomic mass is 10.1. The van der Waals surface area contributed by atoms with Crippen molar-refractivity contribution in [1.29, 1.82) is 0 Å². The van der Waals surface area contributed by atoms with Crippen molar-refractivity contribution in [3.63, 3.8) is 0 Å². The maximum absolute atomic E-state index is 13.5. The zero-order chi connectivity index (χ0) is 20.8. The van der Waals surface area contributed by atoms with Crippen molar-refractivity contribution in [3.8, 4) is 11.5 Å². The van der Waals surface area contributed by atoms with Gasteiger partial charge in [-0.2, -0.15) is 0 Å². The summed E-state index contributed by atoms with van der Waals surface area (Å²) in [6.07, 6.45) is 0.872. The number of amides is 1. The molecule has 6 nitrogen and oxygen atoms in total. The molecular formula is C22H28N3O3S+. The van der Waals surface area contributed by atoms with Gasteiger partial charge in [0.25, 0.3) is 5.91 Å². The molecule has 0 atom stereocenters. The van der Waals surface area contributed by atoms with Gasteiger partial charge in [-0.25, -0.2) is 4.98 Å². The Balaban J connectivity index is 2.00. The summed E-state index contributed by atoms with van der Waals surface area (Å²) in [6.45, 7) is 4.07. The van der Waals surface area contributed by atoms with Gasteiger partial charge in [0, 0.05) is 13.0 Å². The Hall–Kier alpha value is -2.64. The van der Waals surface area contributed by atoms with Gasteiger partial charge in [0.15, 0.2) is 5.13 Å². The Bertz CT molecular complexity index is 971. The highest BCUT2D eigenvalue weighted by molar-refractivity contribution is 7.22. The fourth-order valence-corrected chi connectivity index (χ4v) is 4.15. The summed E-state index contributed by atoms with van der Waals surface area (Å²) in [6, 6.07) is 13.2. The van der Waals surface area contributed by atoms with Gasteiger partial charge >= 0.3 is 0 Å². The van der Waals surface area contributed by atoms with E-state index in [-0.39, 0.29) is 5.91 Å². The summed E-state index contributed by atoms with van der Waals surface area (Å²) in [4.78, 5) is 21.4. The van der Waals surface area contributed by atoms with Gasteiger partial charge in [0.2, 0.25) is 0 Å². The number of fused-ring (bicyclic) bond motifs is 1. The number of carbonyl (C=O) groups is 1.